The van der Waals surface area contributed by atoms with Gasteiger partial charge >= 0.3 is 0 Å². The molecule has 2 rings (SSSR count). The second-order valence-electron chi connectivity index (χ2n) is 5.75. The highest BCUT2D eigenvalue weighted by atomic mass is 16.5. The van der Waals surface area contributed by atoms with E-state index in [-0.39, 0.29) is 5.91 Å². The lowest BCUT2D eigenvalue weighted by Gasteiger charge is -2.31. The van der Waals surface area contributed by atoms with Gasteiger partial charge in [-0.15, -0.1) is 0 Å². The minimum absolute atomic E-state index is 0.0113. The standard InChI is InChI=1S/C14H26N2O2/c15-14(8-4-1-5-9-14)13(17)16-10-11-18-12-6-2-3-7-12/h12H,1-11,15H2,(H,16,17). The summed E-state index contributed by atoms with van der Waals surface area (Å²) < 4.78 is 5.72. The Bertz CT molecular complexity index is 269. The Morgan fingerprint density at radius 1 is 1.17 bits per heavy atom. The summed E-state index contributed by atoms with van der Waals surface area (Å²) in [5.74, 6) is 0.0113. The van der Waals surface area contributed by atoms with Crippen LogP contribution in [-0.2, 0) is 9.53 Å². The zero-order valence-electron chi connectivity index (χ0n) is 11.2. The van der Waals surface area contributed by atoms with Crippen molar-refractivity contribution in [3.63, 3.8) is 0 Å². The van der Waals surface area contributed by atoms with Crippen molar-refractivity contribution in [3.05, 3.63) is 0 Å². The van der Waals surface area contributed by atoms with Crippen molar-refractivity contribution in [1.29, 1.82) is 0 Å². The molecule has 18 heavy (non-hydrogen) atoms. The number of hydrogen-bond acceptors (Lipinski definition) is 3. The number of carbonyl (C=O) groups is 1. The maximum atomic E-state index is 12.0. The van der Waals surface area contributed by atoms with Crippen molar-refractivity contribution < 1.29 is 9.53 Å². The van der Waals surface area contributed by atoms with Gasteiger partial charge in [0.15, 0.2) is 0 Å². The van der Waals surface area contributed by atoms with Gasteiger partial charge in [0, 0.05) is 6.54 Å². The fraction of sp³-hybridized carbons (Fsp3) is 0.929. The van der Waals surface area contributed by atoms with Crippen LogP contribution in [0.25, 0.3) is 0 Å². The number of carbonyl (C=O) groups excluding carboxylic acids is 1. The Morgan fingerprint density at radius 3 is 2.50 bits per heavy atom. The van der Waals surface area contributed by atoms with E-state index in [4.69, 9.17) is 10.5 Å². The molecule has 2 saturated carbocycles. The third-order valence-electron chi connectivity index (χ3n) is 4.24. The molecule has 3 N–H and O–H groups in total. The summed E-state index contributed by atoms with van der Waals surface area (Å²) in [5, 5.41) is 2.93. The van der Waals surface area contributed by atoms with Crippen LogP contribution in [0.5, 0.6) is 0 Å². The SMILES string of the molecule is NC1(C(=O)NCCOC2CCCC2)CCCCC1. The molecule has 2 fully saturated rings. The molecule has 0 aromatic carbocycles. The third-order valence-corrected chi connectivity index (χ3v) is 4.24. The molecule has 0 unspecified atom stereocenters. The van der Waals surface area contributed by atoms with Gasteiger partial charge in [-0.25, -0.2) is 0 Å². The van der Waals surface area contributed by atoms with Crippen molar-refractivity contribution in [2.45, 2.75) is 69.4 Å². The monoisotopic (exact) mass is 254 g/mol. The van der Waals surface area contributed by atoms with Crippen LogP contribution in [0, 0.1) is 0 Å². The lowest BCUT2D eigenvalue weighted by Crippen LogP contribution is -2.55. The maximum absolute atomic E-state index is 12.0. The molecule has 0 saturated heterocycles. The maximum Gasteiger partial charge on any atom is 0.240 e. The van der Waals surface area contributed by atoms with E-state index in [0.717, 1.165) is 25.7 Å². The summed E-state index contributed by atoms with van der Waals surface area (Å²) >= 11 is 0. The first-order valence-electron chi connectivity index (χ1n) is 7.39. The smallest absolute Gasteiger partial charge is 0.240 e. The van der Waals surface area contributed by atoms with Crippen molar-refractivity contribution in [2.75, 3.05) is 13.2 Å². The fourth-order valence-electron chi connectivity index (χ4n) is 3.03. The predicted octanol–water partition coefficient (Wildman–Crippen LogP) is 1.72. The molecule has 2 aliphatic carbocycles. The lowest BCUT2D eigenvalue weighted by atomic mass is 9.82. The van der Waals surface area contributed by atoms with Gasteiger partial charge in [-0.05, 0) is 25.7 Å². The zero-order valence-corrected chi connectivity index (χ0v) is 11.2. The van der Waals surface area contributed by atoms with Crippen LogP contribution in [0.1, 0.15) is 57.8 Å². The van der Waals surface area contributed by atoms with Crippen LogP contribution < -0.4 is 11.1 Å². The quantitative estimate of drug-likeness (QED) is 0.734. The van der Waals surface area contributed by atoms with Crippen LogP contribution in [0.3, 0.4) is 0 Å². The second kappa shape index (κ2) is 6.53. The van der Waals surface area contributed by atoms with E-state index < -0.39 is 5.54 Å². The Morgan fingerprint density at radius 2 is 1.83 bits per heavy atom. The van der Waals surface area contributed by atoms with E-state index in [9.17, 15) is 4.79 Å². The molecule has 0 heterocycles. The van der Waals surface area contributed by atoms with Crippen LogP contribution >= 0.6 is 0 Å². The number of amides is 1. The topological polar surface area (TPSA) is 64.4 Å². The van der Waals surface area contributed by atoms with Crippen LogP contribution in [-0.4, -0.2) is 30.7 Å². The van der Waals surface area contributed by atoms with E-state index >= 15 is 0 Å². The van der Waals surface area contributed by atoms with Crippen LogP contribution in [0.15, 0.2) is 0 Å². The molecular weight excluding hydrogens is 228 g/mol. The zero-order chi connectivity index (χ0) is 12.8. The van der Waals surface area contributed by atoms with Crippen molar-refractivity contribution in [3.8, 4) is 0 Å². The summed E-state index contributed by atoms with van der Waals surface area (Å²) in [6.45, 7) is 1.21. The van der Waals surface area contributed by atoms with Gasteiger partial charge in [-0.3, -0.25) is 4.79 Å². The Labute approximate surface area is 110 Å². The van der Waals surface area contributed by atoms with E-state index in [1.807, 2.05) is 0 Å². The largest absolute Gasteiger partial charge is 0.376 e. The molecule has 2 aliphatic rings. The van der Waals surface area contributed by atoms with Crippen LogP contribution in [0.4, 0.5) is 0 Å². The summed E-state index contributed by atoms with van der Waals surface area (Å²) in [6.07, 6.45) is 10.3. The minimum atomic E-state index is -0.619. The number of nitrogens with one attached hydrogen (secondary N) is 1. The molecule has 0 atom stereocenters. The van der Waals surface area contributed by atoms with Gasteiger partial charge < -0.3 is 15.8 Å². The normalized spacial score (nSPS) is 24.1. The molecule has 4 nitrogen and oxygen atoms in total. The third kappa shape index (κ3) is 3.69. The summed E-state index contributed by atoms with van der Waals surface area (Å²) in [5.41, 5.74) is 5.53. The van der Waals surface area contributed by atoms with Gasteiger partial charge in [-0.2, -0.15) is 0 Å². The highest BCUT2D eigenvalue weighted by Crippen LogP contribution is 2.26. The number of hydrogen-bond donors (Lipinski definition) is 2. The summed E-state index contributed by atoms with van der Waals surface area (Å²) in [6, 6.07) is 0. The molecule has 0 aromatic heterocycles. The highest BCUT2D eigenvalue weighted by molar-refractivity contribution is 5.86. The number of rotatable bonds is 5. The van der Waals surface area contributed by atoms with Gasteiger partial charge in [0.25, 0.3) is 0 Å². The fourth-order valence-corrected chi connectivity index (χ4v) is 3.03. The van der Waals surface area contributed by atoms with Crippen molar-refractivity contribution in [1.82, 2.24) is 5.32 Å². The Kier molecular flexibility index (Phi) is 5.01. The van der Waals surface area contributed by atoms with Gasteiger partial charge in [0.05, 0.1) is 18.2 Å². The number of nitrogens with two attached hydrogens (primary N) is 1. The Hall–Kier alpha value is -0.610. The molecule has 4 heteroatoms. The second-order valence-corrected chi connectivity index (χ2v) is 5.75. The van der Waals surface area contributed by atoms with Crippen molar-refractivity contribution in [2.24, 2.45) is 5.73 Å². The molecular formula is C14H26N2O2. The minimum Gasteiger partial charge on any atom is -0.376 e. The average Bonchev–Trinajstić information content (AvgIpc) is 2.88. The highest BCUT2D eigenvalue weighted by Gasteiger charge is 2.34. The molecule has 1 amide bonds. The first-order chi connectivity index (χ1) is 8.71. The van der Waals surface area contributed by atoms with E-state index in [1.165, 1.54) is 32.1 Å². The van der Waals surface area contributed by atoms with Crippen LogP contribution in [0.2, 0.25) is 0 Å². The number of ether oxygens (including phenoxy) is 1. The van der Waals surface area contributed by atoms with E-state index in [2.05, 4.69) is 5.32 Å². The first kappa shape index (κ1) is 13.8. The molecule has 0 bridgehead atoms. The molecule has 0 spiro atoms. The van der Waals surface area contributed by atoms with Gasteiger partial charge in [0.2, 0.25) is 5.91 Å². The van der Waals surface area contributed by atoms with E-state index in [0.29, 0.717) is 19.3 Å². The van der Waals surface area contributed by atoms with Gasteiger partial charge in [0.1, 0.15) is 0 Å². The summed E-state index contributed by atoms with van der Waals surface area (Å²) in [4.78, 5) is 12.0. The first-order valence-corrected chi connectivity index (χ1v) is 7.39. The Balaban J connectivity index is 1.61. The molecule has 0 aromatic rings. The molecule has 0 radical (unpaired) electrons. The molecule has 0 aliphatic heterocycles. The average molecular weight is 254 g/mol. The van der Waals surface area contributed by atoms with Crippen molar-refractivity contribution >= 4 is 5.91 Å². The predicted molar refractivity (Wildman–Crippen MR) is 71.2 cm³/mol. The van der Waals surface area contributed by atoms with Gasteiger partial charge in [-0.1, -0.05) is 32.1 Å². The lowest BCUT2D eigenvalue weighted by molar-refractivity contribution is -0.127. The molecule has 104 valence electrons. The summed E-state index contributed by atoms with van der Waals surface area (Å²) in [7, 11) is 0. The van der Waals surface area contributed by atoms with E-state index in [1.54, 1.807) is 0 Å².